The highest BCUT2D eigenvalue weighted by molar-refractivity contribution is 7.18. The molecule has 0 radical (unpaired) electrons. The number of anilines is 4. The zero-order valence-corrected chi connectivity index (χ0v) is 16.5. The molecule has 0 saturated carbocycles. The van der Waals surface area contributed by atoms with Gasteiger partial charge in [0.2, 0.25) is 0 Å². The third kappa shape index (κ3) is 3.54. The second-order valence-electron chi connectivity index (χ2n) is 6.86. The fourth-order valence-electron chi connectivity index (χ4n) is 3.65. The molecule has 148 valence electrons. The first-order valence-corrected chi connectivity index (χ1v) is 10.0. The molecule has 1 aliphatic heterocycles. The zero-order valence-electron chi connectivity index (χ0n) is 15.7. The van der Waals surface area contributed by atoms with E-state index < -0.39 is 10.9 Å². The van der Waals surface area contributed by atoms with Crippen LogP contribution in [-0.2, 0) is 6.42 Å². The summed E-state index contributed by atoms with van der Waals surface area (Å²) in [6.07, 6.45) is 2.02. The Bertz CT molecular complexity index is 1090. The highest BCUT2D eigenvalue weighted by Gasteiger charge is 2.27. The summed E-state index contributed by atoms with van der Waals surface area (Å²) in [4.78, 5) is 24.5. The number of carboxylic acids is 1. The van der Waals surface area contributed by atoms with Gasteiger partial charge in [0, 0.05) is 29.2 Å². The van der Waals surface area contributed by atoms with Crippen LogP contribution >= 0.6 is 11.3 Å². The molecule has 2 heterocycles. The first-order valence-electron chi connectivity index (χ1n) is 9.19. The number of thiophene rings is 1. The molecule has 3 aromatic rings. The van der Waals surface area contributed by atoms with Crippen molar-refractivity contribution >= 4 is 45.1 Å². The quantitative estimate of drug-likeness (QED) is 0.427. The van der Waals surface area contributed by atoms with Crippen molar-refractivity contribution in [2.24, 2.45) is 0 Å². The van der Waals surface area contributed by atoms with Crippen molar-refractivity contribution in [1.29, 1.82) is 0 Å². The van der Waals surface area contributed by atoms with Crippen LogP contribution in [0.4, 0.5) is 27.8 Å². The molecular weight excluding hydrogens is 390 g/mol. The highest BCUT2D eigenvalue weighted by atomic mass is 32.1. The van der Waals surface area contributed by atoms with E-state index in [1.807, 2.05) is 36.4 Å². The number of nitrogens with one attached hydrogen (secondary N) is 1. The van der Waals surface area contributed by atoms with E-state index in [0.717, 1.165) is 30.8 Å². The molecule has 0 amide bonds. The number of carbonyl (C=O) groups is 1. The van der Waals surface area contributed by atoms with Crippen LogP contribution in [0.1, 0.15) is 27.2 Å². The standard InChI is InChI=1S/C21H19N3O4S/c1-13-18(20(24(27)28)29-19(13)21(25)26)22-15-10-9-14-6-5-11-23(17(14)12-15)16-7-3-2-4-8-16/h2-4,7-10,12,22H,5-6,11H2,1H3,(H,25,26). The zero-order chi connectivity index (χ0) is 20.5. The highest BCUT2D eigenvalue weighted by Crippen LogP contribution is 2.42. The van der Waals surface area contributed by atoms with Crippen LogP contribution in [0.25, 0.3) is 0 Å². The largest absolute Gasteiger partial charge is 0.477 e. The van der Waals surface area contributed by atoms with Crippen LogP contribution in [0, 0.1) is 17.0 Å². The summed E-state index contributed by atoms with van der Waals surface area (Å²) in [5.74, 6) is -1.16. The Morgan fingerprint density at radius 2 is 2.00 bits per heavy atom. The molecule has 2 N–H and O–H groups in total. The van der Waals surface area contributed by atoms with Crippen LogP contribution in [-0.4, -0.2) is 22.5 Å². The SMILES string of the molecule is Cc1c(C(=O)O)sc([N+](=O)[O-])c1Nc1ccc2c(c1)N(c1ccccc1)CCC2. The van der Waals surface area contributed by atoms with Gasteiger partial charge in [-0.3, -0.25) is 10.1 Å². The molecule has 1 aromatic heterocycles. The summed E-state index contributed by atoms with van der Waals surface area (Å²) in [5, 5.41) is 23.7. The van der Waals surface area contributed by atoms with Crippen LogP contribution in [0.5, 0.6) is 0 Å². The van der Waals surface area contributed by atoms with Gasteiger partial charge in [0.25, 0.3) is 0 Å². The van der Waals surface area contributed by atoms with Gasteiger partial charge >= 0.3 is 11.0 Å². The Hall–Kier alpha value is -3.39. The first kappa shape index (κ1) is 18.9. The van der Waals surface area contributed by atoms with Gasteiger partial charge in [0.05, 0.1) is 4.92 Å². The molecular formula is C21H19N3O4S. The summed E-state index contributed by atoms with van der Waals surface area (Å²) in [7, 11) is 0. The molecule has 29 heavy (non-hydrogen) atoms. The fraction of sp³-hybridized carbons (Fsp3) is 0.190. The smallest absolute Gasteiger partial charge is 0.348 e. The van der Waals surface area contributed by atoms with E-state index in [-0.39, 0.29) is 15.6 Å². The first-order chi connectivity index (χ1) is 14.0. The molecule has 4 rings (SSSR count). The lowest BCUT2D eigenvalue weighted by Crippen LogP contribution is -2.24. The molecule has 0 aliphatic carbocycles. The van der Waals surface area contributed by atoms with Crippen molar-refractivity contribution in [1.82, 2.24) is 0 Å². The molecule has 0 saturated heterocycles. The van der Waals surface area contributed by atoms with Crippen molar-refractivity contribution in [2.45, 2.75) is 19.8 Å². The Kier molecular flexibility index (Phi) is 4.94. The Labute approximate surface area is 171 Å². The van der Waals surface area contributed by atoms with Crippen LogP contribution in [0.2, 0.25) is 0 Å². The van der Waals surface area contributed by atoms with Gasteiger partial charge in [-0.2, -0.15) is 0 Å². The predicted molar refractivity (Wildman–Crippen MR) is 114 cm³/mol. The second kappa shape index (κ2) is 7.56. The number of nitro groups is 1. The lowest BCUT2D eigenvalue weighted by molar-refractivity contribution is -0.379. The van der Waals surface area contributed by atoms with E-state index in [4.69, 9.17) is 0 Å². The summed E-state index contributed by atoms with van der Waals surface area (Å²) in [5.41, 5.74) is 4.66. The maximum absolute atomic E-state index is 11.4. The van der Waals surface area contributed by atoms with Gasteiger partial charge in [-0.15, -0.1) is 0 Å². The van der Waals surface area contributed by atoms with E-state index in [2.05, 4.69) is 22.3 Å². The predicted octanol–water partition coefficient (Wildman–Crippen LogP) is 5.49. The number of hydrogen-bond donors (Lipinski definition) is 2. The van der Waals surface area contributed by atoms with Crippen molar-refractivity contribution in [3.8, 4) is 0 Å². The normalized spacial score (nSPS) is 13.1. The third-order valence-corrected chi connectivity index (χ3v) is 6.26. The molecule has 0 unspecified atom stereocenters. The molecule has 0 spiro atoms. The van der Waals surface area contributed by atoms with Gasteiger partial charge in [0.15, 0.2) is 0 Å². The minimum absolute atomic E-state index is 0.0249. The number of benzene rings is 2. The lowest BCUT2D eigenvalue weighted by Gasteiger charge is -2.32. The number of nitrogens with zero attached hydrogens (tertiary/aromatic N) is 2. The summed E-state index contributed by atoms with van der Waals surface area (Å²) in [6.45, 7) is 2.48. The van der Waals surface area contributed by atoms with Crippen molar-refractivity contribution in [3.05, 3.63) is 74.6 Å². The summed E-state index contributed by atoms with van der Waals surface area (Å²) >= 11 is 0.676. The Morgan fingerprint density at radius 3 is 2.69 bits per heavy atom. The Morgan fingerprint density at radius 1 is 1.24 bits per heavy atom. The molecule has 7 nitrogen and oxygen atoms in total. The van der Waals surface area contributed by atoms with Crippen LogP contribution in [0.3, 0.4) is 0 Å². The molecule has 0 atom stereocenters. The number of hydrogen-bond acceptors (Lipinski definition) is 6. The fourth-order valence-corrected chi connectivity index (χ4v) is 4.57. The topological polar surface area (TPSA) is 95.7 Å². The number of para-hydroxylation sites is 1. The van der Waals surface area contributed by atoms with Gasteiger partial charge in [0.1, 0.15) is 10.6 Å². The van der Waals surface area contributed by atoms with Crippen LogP contribution < -0.4 is 10.2 Å². The molecule has 0 bridgehead atoms. The van der Waals surface area contributed by atoms with Gasteiger partial charge in [-0.25, -0.2) is 4.79 Å². The number of carboxylic acid groups (broad SMARTS) is 1. The van der Waals surface area contributed by atoms with E-state index >= 15 is 0 Å². The maximum atomic E-state index is 11.4. The monoisotopic (exact) mass is 409 g/mol. The average molecular weight is 409 g/mol. The minimum atomic E-state index is -1.16. The van der Waals surface area contributed by atoms with Crippen molar-refractivity contribution in [2.75, 3.05) is 16.8 Å². The van der Waals surface area contributed by atoms with E-state index in [1.165, 1.54) is 5.56 Å². The molecule has 0 fully saturated rings. The van der Waals surface area contributed by atoms with Gasteiger partial charge in [-0.1, -0.05) is 35.6 Å². The van der Waals surface area contributed by atoms with Gasteiger partial charge < -0.3 is 15.3 Å². The minimum Gasteiger partial charge on any atom is -0.477 e. The average Bonchev–Trinajstić information content (AvgIpc) is 3.05. The number of aromatic carboxylic acids is 1. The maximum Gasteiger partial charge on any atom is 0.348 e. The van der Waals surface area contributed by atoms with E-state index in [1.54, 1.807) is 6.92 Å². The number of aryl methyl sites for hydroxylation is 1. The lowest BCUT2D eigenvalue weighted by atomic mass is 10.00. The summed E-state index contributed by atoms with van der Waals surface area (Å²) in [6, 6.07) is 16.0. The molecule has 8 heteroatoms. The van der Waals surface area contributed by atoms with Crippen molar-refractivity contribution in [3.63, 3.8) is 0 Å². The van der Waals surface area contributed by atoms with E-state index in [9.17, 15) is 20.0 Å². The number of fused-ring (bicyclic) bond motifs is 1. The molecule has 2 aromatic carbocycles. The molecule has 1 aliphatic rings. The Balaban J connectivity index is 1.74. The van der Waals surface area contributed by atoms with Crippen molar-refractivity contribution < 1.29 is 14.8 Å². The summed E-state index contributed by atoms with van der Waals surface area (Å²) < 4.78 is 0. The second-order valence-corrected chi connectivity index (χ2v) is 7.86. The van der Waals surface area contributed by atoms with Gasteiger partial charge in [-0.05, 0) is 49.6 Å². The number of rotatable bonds is 5. The third-order valence-electron chi connectivity index (χ3n) is 5.03. The van der Waals surface area contributed by atoms with Crippen LogP contribution in [0.15, 0.2) is 48.5 Å². The van der Waals surface area contributed by atoms with E-state index in [0.29, 0.717) is 22.6 Å².